The van der Waals surface area contributed by atoms with E-state index in [-0.39, 0.29) is 5.56 Å². The SMILES string of the molecule is Cc1csc(=Nc2c(C)n(C)n(-c3ccccc3)c2=O)n1C1CCCCC1. The molecular formula is C21H26N4OS. The van der Waals surface area contributed by atoms with Gasteiger partial charge in [0.2, 0.25) is 0 Å². The van der Waals surface area contributed by atoms with Crippen LogP contribution in [0.5, 0.6) is 0 Å². The second kappa shape index (κ2) is 7.35. The van der Waals surface area contributed by atoms with Gasteiger partial charge in [-0.2, -0.15) is 0 Å². The number of rotatable bonds is 3. The molecule has 2 heterocycles. The van der Waals surface area contributed by atoms with Gasteiger partial charge >= 0.3 is 0 Å². The fourth-order valence-corrected chi connectivity index (χ4v) is 4.98. The van der Waals surface area contributed by atoms with Gasteiger partial charge in [-0.15, -0.1) is 11.3 Å². The molecule has 1 aliphatic carbocycles. The molecule has 0 radical (unpaired) electrons. The monoisotopic (exact) mass is 382 g/mol. The van der Waals surface area contributed by atoms with Crippen molar-refractivity contribution in [3.8, 4) is 5.69 Å². The third-order valence-electron chi connectivity index (χ3n) is 5.59. The molecule has 0 bridgehead atoms. The number of nitrogens with zero attached hydrogens (tertiary/aromatic N) is 4. The summed E-state index contributed by atoms with van der Waals surface area (Å²) in [7, 11) is 1.91. The molecule has 3 aromatic rings. The van der Waals surface area contributed by atoms with Gasteiger partial charge < -0.3 is 4.57 Å². The number of hydrogen-bond donors (Lipinski definition) is 0. The standard InChI is InChI=1S/C21H26N4OS/c1-15-14-27-21(24(15)17-10-6-4-7-11-17)22-19-16(2)23(3)25(20(19)26)18-12-8-5-9-13-18/h5,8-9,12-14,17H,4,6-7,10-11H2,1-3H3. The van der Waals surface area contributed by atoms with Crippen LogP contribution in [0.25, 0.3) is 5.69 Å². The van der Waals surface area contributed by atoms with E-state index in [0.29, 0.717) is 11.7 Å². The van der Waals surface area contributed by atoms with Gasteiger partial charge in [-0.1, -0.05) is 37.5 Å². The Morgan fingerprint density at radius 2 is 1.78 bits per heavy atom. The molecule has 0 atom stereocenters. The maximum Gasteiger partial charge on any atom is 0.297 e. The summed E-state index contributed by atoms with van der Waals surface area (Å²) in [4.78, 5) is 19.0. The molecule has 0 saturated heterocycles. The summed E-state index contributed by atoms with van der Waals surface area (Å²) in [6.07, 6.45) is 6.28. The van der Waals surface area contributed by atoms with Crippen molar-refractivity contribution >= 4 is 17.0 Å². The number of thiazole rings is 1. The van der Waals surface area contributed by atoms with Gasteiger partial charge in [0.1, 0.15) is 0 Å². The first-order valence-electron chi connectivity index (χ1n) is 9.63. The summed E-state index contributed by atoms with van der Waals surface area (Å²) < 4.78 is 5.93. The fraction of sp³-hybridized carbons (Fsp3) is 0.429. The van der Waals surface area contributed by atoms with Crippen LogP contribution < -0.4 is 10.4 Å². The molecule has 1 aromatic carbocycles. The van der Waals surface area contributed by atoms with Crippen molar-refractivity contribution in [2.45, 2.75) is 52.0 Å². The van der Waals surface area contributed by atoms with Crippen LogP contribution >= 0.6 is 11.3 Å². The molecule has 4 rings (SSSR count). The minimum atomic E-state index is -0.0672. The molecule has 1 saturated carbocycles. The summed E-state index contributed by atoms with van der Waals surface area (Å²) in [6, 6.07) is 10.2. The highest BCUT2D eigenvalue weighted by Crippen LogP contribution is 2.28. The third-order valence-corrected chi connectivity index (χ3v) is 6.55. The van der Waals surface area contributed by atoms with Crippen molar-refractivity contribution in [2.75, 3.05) is 0 Å². The van der Waals surface area contributed by atoms with Gasteiger partial charge in [0.15, 0.2) is 10.5 Å². The average Bonchev–Trinajstić information content (AvgIpc) is 3.16. The number of para-hydroxylation sites is 1. The quantitative estimate of drug-likeness (QED) is 0.662. The Morgan fingerprint density at radius 3 is 2.48 bits per heavy atom. The van der Waals surface area contributed by atoms with Gasteiger partial charge in [-0.25, -0.2) is 9.67 Å². The predicted octanol–water partition coefficient (Wildman–Crippen LogP) is 4.39. The van der Waals surface area contributed by atoms with Crippen LogP contribution in [0.3, 0.4) is 0 Å². The lowest BCUT2D eigenvalue weighted by Gasteiger charge is -2.24. The zero-order valence-electron chi connectivity index (χ0n) is 16.2. The van der Waals surface area contributed by atoms with E-state index in [1.54, 1.807) is 16.0 Å². The van der Waals surface area contributed by atoms with E-state index < -0.39 is 0 Å². The Morgan fingerprint density at radius 1 is 1.07 bits per heavy atom. The maximum absolute atomic E-state index is 13.2. The second-order valence-electron chi connectivity index (χ2n) is 7.34. The molecule has 0 N–H and O–H groups in total. The molecule has 1 fully saturated rings. The summed E-state index contributed by atoms with van der Waals surface area (Å²) >= 11 is 1.63. The number of aryl methyl sites for hydroxylation is 1. The molecule has 0 spiro atoms. The normalized spacial score (nSPS) is 16.2. The number of aromatic nitrogens is 3. The molecule has 0 amide bonds. The molecule has 27 heavy (non-hydrogen) atoms. The molecule has 6 heteroatoms. The molecule has 0 unspecified atom stereocenters. The Kier molecular flexibility index (Phi) is 4.91. The lowest BCUT2D eigenvalue weighted by molar-refractivity contribution is 0.344. The molecule has 2 aromatic heterocycles. The first-order chi connectivity index (χ1) is 13.1. The molecule has 1 aliphatic rings. The lowest BCUT2D eigenvalue weighted by Crippen LogP contribution is -2.24. The van der Waals surface area contributed by atoms with E-state index in [2.05, 4.69) is 16.9 Å². The van der Waals surface area contributed by atoms with E-state index in [9.17, 15) is 4.79 Å². The van der Waals surface area contributed by atoms with Crippen molar-refractivity contribution in [1.82, 2.24) is 13.9 Å². The molecular weight excluding hydrogens is 356 g/mol. The largest absolute Gasteiger partial charge is 0.318 e. The van der Waals surface area contributed by atoms with E-state index in [1.807, 2.05) is 49.0 Å². The zero-order chi connectivity index (χ0) is 19.0. The van der Waals surface area contributed by atoms with Crippen molar-refractivity contribution in [3.63, 3.8) is 0 Å². The highest BCUT2D eigenvalue weighted by Gasteiger charge is 2.20. The van der Waals surface area contributed by atoms with Crippen molar-refractivity contribution in [1.29, 1.82) is 0 Å². The van der Waals surface area contributed by atoms with Crippen LogP contribution in [0, 0.1) is 13.8 Å². The van der Waals surface area contributed by atoms with Gasteiger partial charge in [-0.3, -0.25) is 9.48 Å². The van der Waals surface area contributed by atoms with Gasteiger partial charge in [-0.05, 0) is 38.8 Å². The van der Waals surface area contributed by atoms with Crippen LogP contribution in [-0.4, -0.2) is 13.9 Å². The van der Waals surface area contributed by atoms with Crippen molar-refractivity contribution < 1.29 is 0 Å². The van der Waals surface area contributed by atoms with Crippen molar-refractivity contribution in [3.05, 3.63) is 62.3 Å². The molecule has 142 valence electrons. The summed E-state index contributed by atoms with van der Waals surface area (Å²) in [5.41, 5.74) is 3.44. The third kappa shape index (κ3) is 3.23. The van der Waals surface area contributed by atoms with Crippen LogP contribution in [0.4, 0.5) is 5.69 Å². The first-order valence-corrected chi connectivity index (χ1v) is 10.5. The van der Waals surface area contributed by atoms with Crippen LogP contribution in [0.2, 0.25) is 0 Å². The maximum atomic E-state index is 13.2. The smallest absolute Gasteiger partial charge is 0.297 e. The summed E-state index contributed by atoms with van der Waals surface area (Å²) in [5.74, 6) is 0. The minimum Gasteiger partial charge on any atom is -0.318 e. The van der Waals surface area contributed by atoms with E-state index in [4.69, 9.17) is 4.99 Å². The summed E-state index contributed by atoms with van der Waals surface area (Å²) in [6.45, 7) is 4.11. The Bertz CT molecular complexity index is 1060. The number of benzene rings is 1. The van der Waals surface area contributed by atoms with Gasteiger partial charge in [0.25, 0.3) is 5.56 Å². The average molecular weight is 383 g/mol. The van der Waals surface area contributed by atoms with Crippen LogP contribution in [-0.2, 0) is 7.05 Å². The molecule has 5 nitrogen and oxygen atoms in total. The second-order valence-corrected chi connectivity index (χ2v) is 8.18. The van der Waals surface area contributed by atoms with E-state index in [0.717, 1.165) is 16.2 Å². The van der Waals surface area contributed by atoms with Gasteiger partial charge in [0.05, 0.1) is 11.4 Å². The Balaban J connectivity index is 1.86. The van der Waals surface area contributed by atoms with Crippen molar-refractivity contribution in [2.24, 2.45) is 12.0 Å². The topological polar surface area (TPSA) is 44.2 Å². The zero-order valence-corrected chi connectivity index (χ0v) is 17.0. The fourth-order valence-electron chi connectivity index (χ4n) is 4.04. The van der Waals surface area contributed by atoms with Crippen LogP contribution in [0.1, 0.15) is 49.5 Å². The highest BCUT2D eigenvalue weighted by atomic mass is 32.1. The predicted molar refractivity (Wildman–Crippen MR) is 110 cm³/mol. The van der Waals surface area contributed by atoms with E-state index >= 15 is 0 Å². The van der Waals surface area contributed by atoms with Crippen LogP contribution in [0.15, 0.2) is 45.5 Å². The van der Waals surface area contributed by atoms with E-state index in [1.165, 1.54) is 37.8 Å². The Hall–Kier alpha value is -2.34. The Labute approximate surface area is 163 Å². The summed E-state index contributed by atoms with van der Waals surface area (Å²) in [5, 5.41) is 2.15. The van der Waals surface area contributed by atoms with Gasteiger partial charge in [0, 0.05) is 24.2 Å². The first kappa shape index (κ1) is 18.0. The highest BCUT2D eigenvalue weighted by molar-refractivity contribution is 7.07. The molecule has 0 aliphatic heterocycles. The minimum absolute atomic E-state index is 0.0672. The number of hydrogen-bond acceptors (Lipinski definition) is 3. The lowest BCUT2D eigenvalue weighted by atomic mass is 9.95.